The Bertz CT molecular complexity index is 685. The van der Waals surface area contributed by atoms with E-state index in [1.807, 2.05) is 13.8 Å². The van der Waals surface area contributed by atoms with E-state index < -0.39 is 11.6 Å². The Balaban J connectivity index is 2.52. The summed E-state index contributed by atoms with van der Waals surface area (Å²) in [6.07, 6.45) is -0.121. The Labute approximate surface area is 112 Å². The van der Waals surface area contributed by atoms with Crippen LogP contribution in [0.1, 0.15) is 29.1 Å². The molecule has 7 heteroatoms. The van der Waals surface area contributed by atoms with Gasteiger partial charge in [-0.15, -0.1) is 11.3 Å². The maximum atomic E-state index is 11.8. The van der Waals surface area contributed by atoms with Crippen molar-refractivity contribution in [3.05, 3.63) is 20.9 Å². The smallest absolute Gasteiger partial charge is 0.397 e. The molecule has 0 aliphatic carbocycles. The molecule has 2 rings (SSSR count). The Hall–Kier alpha value is -1.89. The van der Waals surface area contributed by atoms with Crippen LogP contribution in [-0.2, 0) is 0 Å². The molecule has 0 fully saturated rings. The molecule has 0 saturated carbocycles. The molecule has 1 N–H and O–H groups in total. The molecule has 0 unspecified atom stereocenters. The minimum atomic E-state index is -1.08. The van der Waals surface area contributed by atoms with Crippen molar-refractivity contribution in [3.8, 4) is 6.08 Å². The van der Waals surface area contributed by atoms with Crippen molar-refractivity contribution in [3.63, 3.8) is 0 Å². The van der Waals surface area contributed by atoms with E-state index >= 15 is 0 Å². The Morgan fingerprint density at radius 2 is 2.21 bits per heavy atom. The lowest BCUT2D eigenvalue weighted by atomic mass is 10.2. The first-order valence-corrected chi connectivity index (χ1v) is 6.52. The molecule has 6 nitrogen and oxygen atoms in total. The molecule has 2 heterocycles. The second-order valence-electron chi connectivity index (χ2n) is 4.51. The van der Waals surface area contributed by atoms with Gasteiger partial charge in [0.2, 0.25) is 0 Å². The number of ether oxygens (including phenoxy) is 1. The number of hydrogen-bond acceptors (Lipinski definition) is 6. The molecule has 0 radical (unpaired) electrons. The predicted octanol–water partition coefficient (Wildman–Crippen LogP) is 2.29. The van der Waals surface area contributed by atoms with Crippen molar-refractivity contribution in [2.24, 2.45) is 5.92 Å². The average molecular weight is 283 g/mol. The zero-order valence-electron chi connectivity index (χ0n) is 10.7. The fourth-order valence-electron chi connectivity index (χ4n) is 1.56. The van der Waals surface area contributed by atoms with Gasteiger partial charge in [-0.25, -0.2) is 9.59 Å². The van der Waals surface area contributed by atoms with Crippen molar-refractivity contribution in [2.75, 3.05) is 6.61 Å². The number of fused-ring (bicyclic) bond motifs is 1. The summed E-state index contributed by atoms with van der Waals surface area (Å²) in [5.74, 6) is -0.813. The normalized spacial score (nSPS) is 11.2. The van der Waals surface area contributed by atoms with Gasteiger partial charge in [0.25, 0.3) is 0 Å². The van der Waals surface area contributed by atoms with Crippen LogP contribution in [0.5, 0.6) is 6.08 Å². The molecule has 0 saturated heterocycles. The molecule has 2 aromatic heterocycles. The van der Waals surface area contributed by atoms with Crippen molar-refractivity contribution < 1.29 is 19.1 Å². The van der Waals surface area contributed by atoms with Crippen molar-refractivity contribution in [1.29, 1.82) is 0 Å². The highest BCUT2D eigenvalue weighted by molar-refractivity contribution is 7.20. The molecule has 0 aliphatic heterocycles. The number of aromatic nitrogens is 1. The lowest BCUT2D eigenvalue weighted by molar-refractivity contribution is 0.0701. The Morgan fingerprint density at radius 1 is 1.53 bits per heavy atom. The highest BCUT2D eigenvalue weighted by Crippen LogP contribution is 2.28. The summed E-state index contributed by atoms with van der Waals surface area (Å²) in [6, 6.07) is 0. The lowest BCUT2D eigenvalue weighted by Gasteiger charge is -2.05. The zero-order chi connectivity index (χ0) is 14.2. The van der Waals surface area contributed by atoms with E-state index in [4.69, 9.17) is 14.3 Å². The summed E-state index contributed by atoms with van der Waals surface area (Å²) in [5, 5.41) is 9.23. The maximum Gasteiger partial charge on any atom is 0.397 e. The molecular weight excluding hydrogens is 270 g/mol. The fraction of sp³-hybridized carbons (Fsp3) is 0.417. The van der Waals surface area contributed by atoms with Gasteiger partial charge in [-0.3, -0.25) is 0 Å². The van der Waals surface area contributed by atoms with Crippen molar-refractivity contribution >= 4 is 27.5 Å². The third kappa shape index (κ3) is 2.60. The maximum absolute atomic E-state index is 11.8. The van der Waals surface area contributed by atoms with Gasteiger partial charge < -0.3 is 14.3 Å². The fourth-order valence-corrected chi connectivity index (χ4v) is 2.55. The number of carboxylic acids is 1. The van der Waals surface area contributed by atoms with Crippen LogP contribution in [0.2, 0.25) is 0 Å². The van der Waals surface area contributed by atoms with E-state index in [2.05, 4.69) is 4.98 Å². The van der Waals surface area contributed by atoms with Crippen LogP contribution in [0, 0.1) is 12.8 Å². The minimum absolute atomic E-state index is 0.0933. The predicted molar refractivity (Wildman–Crippen MR) is 70.2 cm³/mol. The summed E-state index contributed by atoms with van der Waals surface area (Å²) in [4.78, 5) is 27.3. The van der Waals surface area contributed by atoms with Crippen LogP contribution >= 0.6 is 11.3 Å². The molecule has 0 spiro atoms. The second-order valence-corrected chi connectivity index (χ2v) is 5.51. The summed E-state index contributed by atoms with van der Waals surface area (Å²) < 4.78 is 10.2. The summed E-state index contributed by atoms with van der Waals surface area (Å²) >= 11 is 0.944. The van der Waals surface area contributed by atoms with Gasteiger partial charge in [0.05, 0.1) is 6.61 Å². The van der Waals surface area contributed by atoms with Gasteiger partial charge in [-0.05, 0) is 18.4 Å². The molecule has 0 bridgehead atoms. The monoisotopic (exact) mass is 283 g/mol. The highest BCUT2D eigenvalue weighted by atomic mass is 32.1. The number of carboxylic acid groups (broad SMARTS) is 1. The van der Waals surface area contributed by atoms with E-state index in [0.717, 1.165) is 11.3 Å². The van der Waals surface area contributed by atoms with Gasteiger partial charge in [-0.1, -0.05) is 13.8 Å². The van der Waals surface area contributed by atoms with Crippen LogP contribution in [0.15, 0.2) is 9.21 Å². The number of rotatable bonds is 4. The number of thiophene rings is 1. The largest absolute Gasteiger partial charge is 0.477 e. The molecular formula is C12H13NO5S. The van der Waals surface area contributed by atoms with Crippen LogP contribution in [0.3, 0.4) is 0 Å². The highest BCUT2D eigenvalue weighted by Gasteiger charge is 2.20. The minimum Gasteiger partial charge on any atom is -0.477 e. The van der Waals surface area contributed by atoms with Gasteiger partial charge in [0, 0.05) is 0 Å². The van der Waals surface area contributed by atoms with Gasteiger partial charge >= 0.3 is 17.7 Å². The molecule has 102 valence electrons. The van der Waals surface area contributed by atoms with Crippen LogP contribution < -0.4 is 10.4 Å². The van der Waals surface area contributed by atoms with Gasteiger partial charge in [0.1, 0.15) is 15.1 Å². The van der Waals surface area contributed by atoms with E-state index in [0.29, 0.717) is 17.0 Å². The zero-order valence-corrected chi connectivity index (χ0v) is 11.5. The molecule has 19 heavy (non-hydrogen) atoms. The average Bonchev–Trinajstić information content (AvgIpc) is 2.64. The second kappa shape index (κ2) is 5.00. The molecule has 0 aromatic carbocycles. The quantitative estimate of drug-likeness (QED) is 0.926. The van der Waals surface area contributed by atoms with Crippen molar-refractivity contribution in [1.82, 2.24) is 4.98 Å². The summed E-state index contributed by atoms with van der Waals surface area (Å²) in [7, 11) is 0. The standard InChI is InChI=1S/C12H13NO5S/c1-5(2)4-17-12-13-9-7(11(16)18-12)6(3)8(19-9)10(14)15/h5H,4H2,1-3H3,(H,14,15). The van der Waals surface area contributed by atoms with Crippen molar-refractivity contribution in [2.45, 2.75) is 20.8 Å². The Morgan fingerprint density at radius 3 is 2.79 bits per heavy atom. The number of nitrogens with zero attached hydrogens (tertiary/aromatic N) is 1. The van der Waals surface area contributed by atoms with E-state index in [1.54, 1.807) is 6.92 Å². The SMILES string of the molecule is Cc1c(C(=O)O)sc2nc(OCC(C)C)oc(=O)c12. The third-order valence-corrected chi connectivity index (χ3v) is 3.61. The first kappa shape index (κ1) is 13.5. The molecule has 0 amide bonds. The number of hydrogen-bond donors (Lipinski definition) is 1. The molecule has 2 aromatic rings. The number of carbonyl (C=O) groups is 1. The van der Waals surface area contributed by atoms with E-state index in [-0.39, 0.29) is 22.3 Å². The lowest BCUT2D eigenvalue weighted by Crippen LogP contribution is -2.09. The Kier molecular flexibility index (Phi) is 3.57. The topological polar surface area (TPSA) is 89.6 Å². The molecule has 0 aliphatic rings. The van der Waals surface area contributed by atoms with Gasteiger partial charge in [0.15, 0.2) is 0 Å². The summed E-state index contributed by atoms with van der Waals surface area (Å²) in [5.41, 5.74) is -0.242. The van der Waals surface area contributed by atoms with E-state index in [9.17, 15) is 9.59 Å². The number of aryl methyl sites for hydroxylation is 1. The van der Waals surface area contributed by atoms with Crippen LogP contribution in [0.4, 0.5) is 0 Å². The first-order chi connectivity index (χ1) is 8.90. The molecule has 0 atom stereocenters. The van der Waals surface area contributed by atoms with Crippen LogP contribution in [0.25, 0.3) is 10.2 Å². The number of aromatic carboxylic acids is 1. The van der Waals surface area contributed by atoms with Gasteiger partial charge in [-0.2, -0.15) is 4.98 Å². The summed E-state index contributed by atoms with van der Waals surface area (Å²) in [6.45, 7) is 5.84. The van der Waals surface area contributed by atoms with E-state index in [1.165, 1.54) is 0 Å². The van der Waals surface area contributed by atoms with Crippen LogP contribution in [-0.4, -0.2) is 22.7 Å². The first-order valence-electron chi connectivity index (χ1n) is 5.70. The third-order valence-electron chi connectivity index (χ3n) is 2.44.